The molecule has 1 N–H and O–H groups in total. The van der Waals surface area contributed by atoms with Gasteiger partial charge in [0.15, 0.2) is 0 Å². The molecule has 0 aromatic heterocycles. The van der Waals surface area contributed by atoms with Gasteiger partial charge < -0.3 is 15.1 Å². The van der Waals surface area contributed by atoms with Crippen molar-refractivity contribution in [1.82, 2.24) is 4.90 Å². The number of anilines is 2. The Hall–Kier alpha value is -1.22. The highest BCUT2D eigenvalue weighted by Crippen LogP contribution is 2.29. The highest BCUT2D eigenvalue weighted by molar-refractivity contribution is 5.58. The van der Waals surface area contributed by atoms with Gasteiger partial charge in [-0.25, -0.2) is 0 Å². The van der Waals surface area contributed by atoms with E-state index < -0.39 is 0 Å². The molecule has 0 radical (unpaired) electrons. The Morgan fingerprint density at radius 2 is 1.86 bits per heavy atom. The number of hydrogen-bond donors (Lipinski definition) is 1. The molecule has 3 aliphatic heterocycles. The third kappa shape index (κ3) is 2.89. The first kappa shape index (κ1) is 13.4. The highest BCUT2D eigenvalue weighted by atomic mass is 15.2. The molecule has 2 unspecified atom stereocenters. The Labute approximate surface area is 128 Å². The molecule has 0 aliphatic carbocycles. The number of rotatable bonds is 3. The van der Waals surface area contributed by atoms with E-state index >= 15 is 0 Å². The van der Waals surface area contributed by atoms with Crippen molar-refractivity contribution in [2.75, 3.05) is 36.4 Å². The third-order valence-corrected chi connectivity index (χ3v) is 5.51. The molecular formula is C18H27N3. The van der Waals surface area contributed by atoms with E-state index in [2.05, 4.69) is 39.4 Å². The minimum absolute atomic E-state index is 0.665. The summed E-state index contributed by atoms with van der Waals surface area (Å²) in [6.07, 6.45) is 8.13. The average molecular weight is 285 g/mol. The van der Waals surface area contributed by atoms with Crippen LogP contribution in [0.1, 0.15) is 38.5 Å². The molecular weight excluding hydrogens is 258 g/mol. The zero-order valence-corrected chi connectivity index (χ0v) is 12.9. The van der Waals surface area contributed by atoms with E-state index in [1.165, 1.54) is 76.1 Å². The van der Waals surface area contributed by atoms with Crippen LogP contribution in [0.5, 0.6) is 0 Å². The summed E-state index contributed by atoms with van der Waals surface area (Å²) in [5.74, 6) is 0. The lowest BCUT2D eigenvalue weighted by Gasteiger charge is -2.35. The van der Waals surface area contributed by atoms with Gasteiger partial charge in [0.2, 0.25) is 0 Å². The van der Waals surface area contributed by atoms with Gasteiger partial charge in [-0.2, -0.15) is 0 Å². The van der Waals surface area contributed by atoms with Crippen molar-refractivity contribution in [2.24, 2.45) is 0 Å². The Kier molecular flexibility index (Phi) is 3.76. The lowest BCUT2D eigenvalue weighted by atomic mass is 9.97. The number of nitrogens with one attached hydrogen (secondary N) is 1. The average Bonchev–Trinajstić information content (AvgIpc) is 3.18. The molecule has 1 aromatic rings. The molecule has 1 aromatic carbocycles. The summed E-state index contributed by atoms with van der Waals surface area (Å²) in [6.45, 7) is 5.07. The van der Waals surface area contributed by atoms with Crippen molar-refractivity contribution in [2.45, 2.75) is 50.6 Å². The number of fused-ring (bicyclic) bond motifs is 1. The second-order valence-electron chi connectivity index (χ2n) is 6.94. The maximum absolute atomic E-state index is 3.80. The lowest BCUT2D eigenvalue weighted by Crippen LogP contribution is -2.42. The zero-order valence-electron chi connectivity index (χ0n) is 12.9. The molecule has 0 bridgehead atoms. The molecule has 2 atom stereocenters. The van der Waals surface area contributed by atoms with E-state index in [1.54, 1.807) is 0 Å². The van der Waals surface area contributed by atoms with E-state index in [4.69, 9.17) is 0 Å². The molecule has 3 fully saturated rings. The molecule has 3 nitrogen and oxygen atoms in total. The first-order chi connectivity index (χ1) is 10.4. The molecule has 0 saturated carbocycles. The maximum Gasteiger partial charge on any atom is 0.0386 e. The Balaban J connectivity index is 1.41. The van der Waals surface area contributed by atoms with E-state index in [9.17, 15) is 0 Å². The number of benzene rings is 1. The van der Waals surface area contributed by atoms with Crippen LogP contribution >= 0.6 is 0 Å². The van der Waals surface area contributed by atoms with Crippen LogP contribution in [0.3, 0.4) is 0 Å². The summed E-state index contributed by atoms with van der Waals surface area (Å²) in [4.78, 5) is 5.21. The topological polar surface area (TPSA) is 18.5 Å². The molecule has 4 rings (SSSR count). The van der Waals surface area contributed by atoms with Gasteiger partial charge in [-0.15, -0.1) is 0 Å². The minimum Gasteiger partial charge on any atom is -0.382 e. The summed E-state index contributed by atoms with van der Waals surface area (Å²) >= 11 is 0. The highest BCUT2D eigenvalue weighted by Gasteiger charge is 2.31. The van der Waals surface area contributed by atoms with Crippen molar-refractivity contribution in [3.63, 3.8) is 0 Å². The van der Waals surface area contributed by atoms with Crippen LogP contribution in [0.15, 0.2) is 24.3 Å². The van der Waals surface area contributed by atoms with Crippen molar-refractivity contribution in [1.29, 1.82) is 0 Å². The molecule has 3 aliphatic rings. The molecule has 3 heteroatoms. The van der Waals surface area contributed by atoms with Crippen LogP contribution in [0, 0.1) is 0 Å². The molecule has 21 heavy (non-hydrogen) atoms. The molecule has 3 saturated heterocycles. The van der Waals surface area contributed by atoms with Crippen LogP contribution in [0.4, 0.5) is 11.4 Å². The summed E-state index contributed by atoms with van der Waals surface area (Å²) in [5, 5.41) is 3.80. The Bertz CT molecular complexity index is 481. The van der Waals surface area contributed by atoms with Crippen molar-refractivity contribution in [3.8, 4) is 0 Å². The first-order valence-corrected chi connectivity index (χ1v) is 8.74. The summed E-state index contributed by atoms with van der Waals surface area (Å²) in [6, 6.07) is 10.6. The summed E-state index contributed by atoms with van der Waals surface area (Å²) < 4.78 is 0. The standard InChI is InChI=1S/C18H27N3/c1-2-10-20(9-1)17-6-3-5-15(13-17)19-16-8-12-21-11-4-7-18(21)14-16/h3,5-6,13,16,18-19H,1-2,4,7-12,14H2. The van der Waals surface area contributed by atoms with E-state index in [0.29, 0.717) is 6.04 Å². The van der Waals surface area contributed by atoms with Crippen molar-refractivity contribution >= 4 is 11.4 Å². The number of hydrogen-bond acceptors (Lipinski definition) is 3. The van der Waals surface area contributed by atoms with Crippen molar-refractivity contribution in [3.05, 3.63) is 24.3 Å². The van der Waals surface area contributed by atoms with E-state index in [-0.39, 0.29) is 0 Å². The molecule has 114 valence electrons. The quantitative estimate of drug-likeness (QED) is 0.919. The largest absolute Gasteiger partial charge is 0.382 e. The summed E-state index contributed by atoms with van der Waals surface area (Å²) in [7, 11) is 0. The maximum atomic E-state index is 3.80. The minimum atomic E-state index is 0.665. The fraction of sp³-hybridized carbons (Fsp3) is 0.667. The monoisotopic (exact) mass is 285 g/mol. The van der Waals surface area contributed by atoms with Gasteiger partial charge >= 0.3 is 0 Å². The van der Waals surface area contributed by atoms with Gasteiger partial charge in [0.25, 0.3) is 0 Å². The number of piperidine rings is 1. The predicted octanol–water partition coefficient (Wildman–Crippen LogP) is 3.33. The fourth-order valence-corrected chi connectivity index (χ4v) is 4.36. The second kappa shape index (κ2) is 5.88. The normalized spacial score (nSPS) is 29.6. The van der Waals surface area contributed by atoms with Gasteiger partial charge in [0.1, 0.15) is 0 Å². The van der Waals surface area contributed by atoms with Crippen LogP contribution in [-0.4, -0.2) is 43.2 Å². The zero-order chi connectivity index (χ0) is 14.1. The Morgan fingerprint density at radius 1 is 0.952 bits per heavy atom. The van der Waals surface area contributed by atoms with Gasteiger partial charge in [-0.1, -0.05) is 6.07 Å². The van der Waals surface area contributed by atoms with Crippen LogP contribution in [0.25, 0.3) is 0 Å². The van der Waals surface area contributed by atoms with Crippen LogP contribution in [0.2, 0.25) is 0 Å². The van der Waals surface area contributed by atoms with Gasteiger partial charge in [0, 0.05) is 43.1 Å². The lowest BCUT2D eigenvalue weighted by molar-refractivity contribution is 0.188. The van der Waals surface area contributed by atoms with Crippen LogP contribution < -0.4 is 10.2 Å². The van der Waals surface area contributed by atoms with Gasteiger partial charge in [0.05, 0.1) is 0 Å². The van der Waals surface area contributed by atoms with Gasteiger partial charge in [-0.3, -0.25) is 0 Å². The van der Waals surface area contributed by atoms with Gasteiger partial charge in [-0.05, 0) is 63.3 Å². The fourth-order valence-electron chi connectivity index (χ4n) is 4.36. The smallest absolute Gasteiger partial charge is 0.0386 e. The Morgan fingerprint density at radius 3 is 2.76 bits per heavy atom. The van der Waals surface area contributed by atoms with Crippen LogP contribution in [-0.2, 0) is 0 Å². The molecule has 0 spiro atoms. The first-order valence-electron chi connectivity index (χ1n) is 8.74. The van der Waals surface area contributed by atoms with E-state index in [0.717, 1.165) is 6.04 Å². The summed E-state index contributed by atoms with van der Waals surface area (Å²) in [5.41, 5.74) is 2.71. The predicted molar refractivity (Wildman–Crippen MR) is 89.1 cm³/mol. The third-order valence-electron chi connectivity index (χ3n) is 5.51. The van der Waals surface area contributed by atoms with E-state index in [1.807, 2.05) is 0 Å². The molecule has 0 amide bonds. The molecule has 3 heterocycles. The number of nitrogens with zero attached hydrogens (tertiary/aromatic N) is 2. The SMILES string of the molecule is c1cc(NC2CCN3CCCC3C2)cc(N2CCCC2)c1. The van der Waals surface area contributed by atoms with Crippen molar-refractivity contribution < 1.29 is 0 Å². The second-order valence-corrected chi connectivity index (χ2v) is 6.94.